The van der Waals surface area contributed by atoms with Crippen LogP contribution in [0.5, 0.6) is 0 Å². The number of halogens is 1. The molecule has 7 heteroatoms. The van der Waals surface area contributed by atoms with Gasteiger partial charge >= 0.3 is 0 Å². The first kappa shape index (κ1) is 21.6. The zero-order valence-electron chi connectivity index (χ0n) is 17.9. The van der Waals surface area contributed by atoms with Gasteiger partial charge in [-0.1, -0.05) is 35.9 Å². The average Bonchev–Trinajstić information content (AvgIpc) is 3.06. The van der Waals surface area contributed by atoms with Crippen molar-refractivity contribution < 1.29 is 9.53 Å². The Morgan fingerprint density at radius 3 is 2.29 bits per heavy atom. The molecule has 1 fully saturated rings. The fraction of sp³-hybridized carbons (Fsp3) is 0.333. The van der Waals surface area contributed by atoms with Crippen molar-refractivity contribution in [2.75, 3.05) is 26.3 Å². The van der Waals surface area contributed by atoms with Crippen molar-refractivity contribution in [2.24, 2.45) is 0 Å². The number of nitrogens with one attached hydrogen (secondary N) is 1. The van der Waals surface area contributed by atoms with Crippen molar-refractivity contribution in [3.05, 3.63) is 81.6 Å². The van der Waals surface area contributed by atoms with Gasteiger partial charge in [0, 0.05) is 31.7 Å². The predicted molar refractivity (Wildman–Crippen MR) is 122 cm³/mol. The number of morpholine rings is 1. The number of benzene rings is 2. The van der Waals surface area contributed by atoms with E-state index in [1.165, 1.54) is 5.56 Å². The fourth-order valence-electron chi connectivity index (χ4n) is 3.69. The number of carbonyl (C=O) groups excluding carboxylic acids is 1. The van der Waals surface area contributed by atoms with Crippen LogP contribution in [0.1, 0.15) is 32.9 Å². The summed E-state index contributed by atoms with van der Waals surface area (Å²) in [7, 11) is 0. The summed E-state index contributed by atoms with van der Waals surface area (Å²) in [5.74, 6) is -0.102. The molecule has 1 aliphatic heterocycles. The summed E-state index contributed by atoms with van der Waals surface area (Å²) in [6, 6.07) is 15.8. The van der Waals surface area contributed by atoms with Crippen molar-refractivity contribution in [3.63, 3.8) is 0 Å². The first-order chi connectivity index (χ1) is 15.0. The Labute approximate surface area is 187 Å². The number of hydrogen-bond donors (Lipinski definition) is 1. The summed E-state index contributed by atoms with van der Waals surface area (Å²) in [6.45, 7) is 8.79. The maximum atomic E-state index is 12.5. The summed E-state index contributed by atoms with van der Waals surface area (Å²) in [6.07, 6.45) is 0. The third-order valence-corrected chi connectivity index (χ3v) is 6.11. The van der Waals surface area contributed by atoms with Crippen LogP contribution in [0.3, 0.4) is 0 Å². The zero-order valence-corrected chi connectivity index (χ0v) is 18.7. The first-order valence-electron chi connectivity index (χ1n) is 10.5. The standard InChI is InChI=1S/C24H27ClN4O2/c1-17-23(25)18(2)29(27-17)22-9-7-21(8-10-22)24(30)26-15-19-3-5-20(6-4-19)16-28-11-13-31-14-12-28/h3-10H,11-16H2,1-2H3,(H,26,30). The van der Waals surface area contributed by atoms with Crippen LogP contribution in [0.2, 0.25) is 5.02 Å². The maximum absolute atomic E-state index is 12.5. The van der Waals surface area contributed by atoms with Crippen molar-refractivity contribution in [2.45, 2.75) is 26.9 Å². The first-order valence-corrected chi connectivity index (χ1v) is 10.9. The lowest BCUT2D eigenvalue weighted by molar-refractivity contribution is 0.0342. The number of rotatable bonds is 6. The second kappa shape index (κ2) is 9.64. The van der Waals surface area contributed by atoms with E-state index in [2.05, 4.69) is 39.6 Å². The molecule has 0 radical (unpaired) electrons. The molecule has 2 heterocycles. The van der Waals surface area contributed by atoms with E-state index >= 15 is 0 Å². The highest BCUT2D eigenvalue weighted by molar-refractivity contribution is 6.31. The molecule has 6 nitrogen and oxygen atoms in total. The molecule has 1 aromatic heterocycles. The summed E-state index contributed by atoms with van der Waals surface area (Å²) < 4.78 is 7.19. The third kappa shape index (κ3) is 5.15. The highest BCUT2D eigenvalue weighted by Gasteiger charge is 2.12. The molecular weight excluding hydrogens is 412 g/mol. The Morgan fingerprint density at radius 1 is 1.03 bits per heavy atom. The van der Waals surface area contributed by atoms with Crippen LogP contribution >= 0.6 is 11.6 Å². The van der Waals surface area contributed by atoms with Crippen molar-refractivity contribution >= 4 is 17.5 Å². The van der Waals surface area contributed by atoms with Gasteiger partial charge < -0.3 is 10.1 Å². The number of carbonyl (C=O) groups is 1. The minimum absolute atomic E-state index is 0.102. The van der Waals surface area contributed by atoms with Gasteiger partial charge in [0.2, 0.25) is 0 Å². The lowest BCUT2D eigenvalue weighted by Crippen LogP contribution is -2.35. The maximum Gasteiger partial charge on any atom is 0.251 e. The summed E-state index contributed by atoms with van der Waals surface area (Å²) in [5.41, 5.74) is 5.51. The molecule has 3 aromatic rings. The molecule has 0 atom stereocenters. The molecule has 162 valence electrons. The number of aromatic nitrogens is 2. The van der Waals surface area contributed by atoms with E-state index in [9.17, 15) is 4.79 Å². The lowest BCUT2D eigenvalue weighted by atomic mass is 10.1. The Balaban J connectivity index is 1.32. The molecule has 1 saturated heterocycles. The highest BCUT2D eigenvalue weighted by Crippen LogP contribution is 2.22. The number of hydrogen-bond acceptors (Lipinski definition) is 4. The number of amides is 1. The predicted octanol–water partition coefficient (Wildman–Crippen LogP) is 3.90. The van der Waals surface area contributed by atoms with E-state index in [0.29, 0.717) is 17.1 Å². The van der Waals surface area contributed by atoms with Gasteiger partial charge in [-0.25, -0.2) is 4.68 Å². The third-order valence-electron chi connectivity index (χ3n) is 5.56. The lowest BCUT2D eigenvalue weighted by Gasteiger charge is -2.26. The molecule has 0 unspecified atom stereocenters. The molecule has 0 saturated carbocycles. The zero-order chi connectivity index (χ0) is 21.8. The van der Waals surface area contributed by atoms with Gasteiger partial charge in [0.15, 0.2) is 0 Å². The van der Waals surface area contributed by atoms with Crippen LogP contribution < -0.4 is 5.32 Å². The molecule has 2 aromatic carbocycles. The Morgan fingerprint density at radius 2 is 1.68 bits per heavy atom. The second-order valence-corrected chi connectivity index (χ2v) is 8.21. The van der Waals surface area contributed by atoms with Gasteiger partial charge in [0.1, 0.15) is 0 Å². The fourth-order valence-corrected chi connectivity index (χ4v) is 3.81. The van der Waals surface area contributed by atoms with Crippen LogP contribution in [-0.4, -0.2) is 46.9 Å². The molecule has 0 bridgehead atoms. The Hall–Kier alpha value is -2.67. The normalized spacial score (nSPS) is 14.5. The molecule has 0 aliphatic carbocycles. The molecule has 4 rings (SSSR count). The number of nitrogens with zero attached hydrogens (tertiary/aromatic N) is 3. The summed E-state index contributed by atoms with van der Waals surface area (Å²) >= 11 is 6.23. The Kier molecular flexibility index (Phi) is 6.70. The average molecular weight is 439 g/mol. The quantitative estimate of drug-likeness (QED) is 0.634. The molecule has 1 N–H and O–H groups in total. The topological polar surface area (TPSA) is 59.4 Å². The minimum atomic E-state index is -0.102. The van der Waals surface area contributed by atoms with Crippen molar-refractivity contribution in [3.8, 4) is 5.69 Å². The van der Waals surface area contributed by atoms with Crippen LogP contribution in [0.4, 0.5) is 0 Å². The summed E-state index contributed by atoms with van der Waals surface area (Å²) in [4.78, 5) is 14.9. The van der Waals surface area contributed by atoms with Crippen LogP contribution in [0.15, 0.2) is 48.5 Å². The van der Waals surface area contributed by atoms with Gasteiger partial charge in [-0.05, 0) is 49.2 Å². The van der Waals surface area contributed by atoms with E-state index in [1.54, 1.807) is 16.8 Å². The number of ether oxygens (including phenoxy) is 1. The smallest absolute Gasteiger partial charge is 0.251 e. The molecule has 0 spiro atoms. The minimum Gasteiger partial charge on any atom is -0.379 e. The molecule has 1 aliphatic rings. The van der Waals surface area contributed by atoms with E-state index in [-0.39, 0.29) is 5.91 Å². The van der Waals surface area contributed by atoms with E-state index < -0.39 is 0 Å². The SMILES string of the molecule is Cc1nn(-c2ccc(C(=O)NCc3ccc(CN4CCOCC4)cc3)cc2)c(C)c1Cl. The van der Waals surface area contributed by atoms with Gasteiger partial charge in [-0.3, -0.25) is 9.69 Å². The van der Waals surface area contributed by atoms with Crippen LogP contribution in [0, 0.1) is 13.8 Å². The van der Waals surface area contributed by atoms with Crippen molar-refractivity contribution in [1.82, 2.24) is 20.0 Å². The van der Waals surface area contributed by atoms with Crippen LogP contribution in [-0.2, 0) is 17.8 Å². The van der Waals surface area contributed by atoms with Gasteiger partial charge in [-0.15, -0.1) is 0 Å². The van der Waals surface area contributed by atoms with Gasteiger partial charge in [0.25, 0.3) is 5.91 Å². The van der Waals surface area contributed by atoms with E-state index in [0.717, 1.165) is 55.5 Å². The largest absolute Gasteiger partial charge is 0.379 e. The highest BCUT2D eigenvalue weighted by atomic mass is 35.5. The van der Waals surface area contributed by atoms with E-state index in [4.69, 9.17) is 16.3 Å². The molecule has 31 heavy (non-hydrogen) atoms. The molecule has 1 amide bonds. The monoisotopic (exact) mass is 438 g/mol. The molecular formula is C24H27ClN4O2. The van der Waals surface area contributed by atoms with E-state index in [1.807, 2.05) is 26.0 Å². The Bertz CT molecular complexity index is 1040. The summed E-state index contributed by atoms with van der Waals surface area (Å²) in [5, 5.41) is 8.10. The van der Waals surface area contributed by atoms with Gasteiger partial charge in [0.05, 0.1) is 35.3 Å². The number of aryl methyl sites for hydroxylation is 1. The second-order valence-electron chi connectivity index (χ2n) is 7.83. The van der Waals surface area contributed by atoms with Gasteiger partial charge in [-0.2, -0.15) is 5.10 Å². The van der Waals surface area contributed by atoms with Crippen LogP contribution in [0.25, 0.3) is 5.69 Å². The van der Waals surface area contributed by atoms with Crippen molar-refractivity contribution in [1.29, 1.82) is 0 Å².